The third-order valence-electron chi connectivity index (χ3n) is 3.48. The zero-order valence-corrected chi connectivity index (χ0v) is 15.3. The number of nitrogens with zero attached hydrogens (tertiary/aromatic N) is 3. The Hall–Kier alpha value is -3.14. The molecule has 0 saturated carbocycles. The average molecular weight is 379 g/mol. The fraction of sp³-hybridized carbons (Fsp3) is 0.412. The van der Waals surface area contributed by atoms with E-state index in [2.05, 4.69) is 10.1 Å². The first-order chi connectivity index (χ1) is 12.9. The van der Waals surface area contributed by atoms with Gasteiger partial charge in [0.25, 0.3) is 5.89 Å². The first kappa shape index (κ1) is 20.2. The molecular formula is C17H21N3O7. The molecule has 0 bridgehead atoms. The second-order valence-electron chi connectivity index (χ2n) is 5.59. The standard InChI is InChI=1S/C17H21N3O7/c1-11-18-15(27-19-11)9-26-10-16(21)20(8-17(22)23)7-12-4-13(24-2)6-14(5-12)25-3/h4-6H,7-10H2,1-3H3,(H,22,23). The summed E-state index contributed by atoms with van der Waals surface area (Å²) in [4.78, 5) is 28.6. The van der Waals surface area contributed by atoms with E-state index < -0.39 is 18.4 Å². The molecule has 27 heavy (non-hydrogen) atoms. The summed E-state index contributed by atoms with van der Waals surface area (Å²) in [5, 5.41) is 12.7. The fourth-order valence-electron chi connectivity index (χ4n) is 2.29. The Morgan fingerprint density at radius 1 is 1.19 bits per heavy atom. The van der Waals surface area contributed by atoms with Crippen molar-refractivity contribution in [1.82, 2.24) is 15.0 Å². The van der Waals surface area contributed by atoms with Gasteiger partial charge in [0.1, 0.15) is 31.3 Å². The Bertz CT molecular complexity index is 768. The molecule has 1 N–H and O–H groups in total. The normalized spacial score (nSPS) is 10.5. The Morgan fingerprint density at radius 3 is 2.37 bits per heavy atom. The molecule has 0 unspecified atom stereocenters. The van der Waals surface area contributed by atoms with Gasteiger partial charge < -0.3 is 28.7 Å². The molecule has 0 aliphatic rings. The predicted octanol–water partition coefficient (Wildman–Crippen LogP) is 1.03. The summed E-state index contributed by atoms with van der Waals surface area (Å²) < 4.78 is 20.5. The number of hydrogen-bond donors (Lipinski definition) is 1. The van der Waals surface area contributed by atoms with E-state index in [4.69, 9.17) is 23.8 Å². The van der Waals surface area contributed by atoms with Crippen molar-refractivity contribution >= 4 is 11.9 Å². The zero-order chi connectivity index (χ0) is 19.8. The van der Waals surface area contributed by atoms with Crippen LogP contribution in [0.2, 0.25) is 0 Å². The molecule has 0 atom stereocenters. The van der Waals surface area contributed by atoms with Gasteiger partial charge in [-0.15, -0.1) is 0 Å². The molecule has 0 aliphatic carbocycles. The predicted molar refractivity (Wildman–Crippen MR) is 91.3 cm³/mol. The van der Waals surface area contributed by atoms with Crippen molar-refractivity contribution in [3.63, 3.8) is 0 Å². The van der Waals surface area contributed by atoms with Crippen LogP contribution in [-0.4, -0.2) is 59.4 Å². The highest BCUT2D eigenvalue weighted by Gasteiger charge is 2.19. The monoisotopic (exact) mass is 379 g/mol. The largest absolute Gasteiger partial charge is 0.497 e. The van der Waals surface area contributed by atoms with E-state index in [1.165, 1.54) is 14.2 Å². The lowest BCUT2D eigenvalue weighted by molar-refractivity contribution is -0.147. The summed E-state index contributed by atoms with van der Waals surface area (Å²) in [5.74, 6) is 0.147. The molecule has 2 rings (SSSR count). The van der Waals surface area contributed by atoms with Crippen molar-refractivity contribution in [2.24, 2.45) is 0 Å². The summed E-state index contributed by atoms with van der Waals surface area (Å²) in [6, 6.07) is 5.09. The van der Waals surface area contributed by atoms with E-state index in [1.54, 1.807) is 25.1 Å². The summed E-state index contributed by atoms with van der Waals surface area (Å²) in [7, 11) is 3.01. The van der Waals surface area contributed by atoms with E-state index in [0.717, 1.165) is 4.90 Å². The van der Waals surface area contributed by atoms with Crippen LogP contribution in [-0.2, 0) is 27.5 Å². The number of aromatic nitrogens is 2. The smallest absolute Gasteiger partial charge is 0.323 e. The lowest BCUT2D eigenvalue weighted by atomic mass is 10.2. The molecule has 10 heteroatoms. The van der Waals surface area contributed by atoms with Gasteiger partial charge >= 0.3 is 5.97 Å². The van der Waals surface area contributed by atoms with Gasteiger partial charge in [-0.2, -0.15) is 4.98 Å². The van der Waals surface area contributed by atoms with Crippen molar-refractivity contribution in [3.8, 4) is 11.5 Å². The van der Waals surface area contributed by atoms with Gasteiger partial charge in [0.05, 0.1) is 14.2 Å². The minimum absolute atomic E-state index is 0.0412. The molecule has 1 amide bonds. The molecular weight excluding hydrogens is 358 g/mol. The van der Waals surface area contributed by atoms with Gasteiger partial charge in [-0.05, 0) is 24.6 Å². The van der Waals surface area contributed by atoms with Crippen LogP contribution in [0.3, 0.4) is 0 Å². The van der Waals surface area contributed by atoms with Gasteiger partial charge in [0, 0.05) is 12.6 Å². The maximum absolute atomic E-state index is 12.4. The van der Waals surface area contributed by atoms with Crippen LogP contribution < -0.4 is 9.47 Å². The van der Waals surface area contributed by atoms with Crippen molar-refractivity contribution in [1.29, 1.82) is 0 Å². The third kappa shape index (κ3) is 6.26. The molecule has 0 saturated heterocycles. The maximum atomic E-state index is 12.4. The number of amides is 1. The number of aliphatic carboxylic acids is 1. The van der Waals surface area contributed by atoms with Crippen LogP contribution in [0.5, 0.6) is 11.5 Å². The van der Waals surface area contributed by atoms with Crippen LogP contribution in [0.15, 0.2) is 22.7 Å². The summed E-state index contributed by atoms with van der Waals surface area (Å²) >= 11 is 0. The summed E-state index contributed by atoms with van der Waals surface area (Å²) in [6.45, 7) is 0.883. The number of carboxylic acid groups (broad SMARTS) is 1. The highest BCUT2D eigenvalue weighted by atomic mass is 16.5. The molecule has 146 valence electrons. The lowest BCUT2D eigenvalue weighted by Gasteiger charge is -2.21. The zero-order valence-electron chi connectivity index (χ0n) is 15.3. The first-order valence-corrected chi connectivity index (χ1v) is 7.99. The van der Waals surface area contributed by atoms with Gasteiger partial charge in [0.15, 0.2) is 5.82 Å². The van der Waals surface area contributed by atoms with Crippen molar-refractivity contribution in [3.05, 3.63) is 35.5 Å². The summed E-state index contributed by atoms with van der Waals surface area (Å²) in [6.07, 6.45) is 0. The number of rotatable bonds is 10. The number of aryl methyl sites for hydroxylation is 1. The lowest BCUT2D eigenvalue weighted by Crippen LogP contribution is -2.37. The number of methoxy groups -OCH3 is 2. The Labute approximate surface area is 155 Å². The average Bonchev–Trinajstić information content (AvgIpc) is 3.05. The minimum atomic E-state index is -1.13. The minimum Gasteiger partial charge on any atom is -0.497 e. The highest BCUT2D eigenvalue weighted by Crippen LogP contribution is 2.23. The van der Waals surface area contributed by atoms with Gasteiger partial charge in [0.2, 0.25) is 5.91 Å². The van der Waals surface area contributed by atoms with Crippen LogP contribution in [0.1, 0.15) is 17.3 Å². The van der Waals surface area contributed by atoms with Gasteiger partial charge in [-0.25, -0.2) is 0 Å². The van der Waals surface area contributed by atoms with Crippen LogP contribution >= 0.6 is 0 Å². The number of ether oxygens (including phenoxy) is 3. The number of carboxylic acids is 1. The van der Waals surface area contributed by atoms with Crippen LogP contribution in [0.25, 0.3) is 0 Å². The van der Waals surface area contributed by atoms with E-state index >= 15 is 0 Å². The van der Waals surface area contributed by atoms with Crippen molar-refractivity contribution in [2.75, 3.05) is 27.4 Å². The second-order valence-corrected chi connectivity index (χ2v) is 5.59. The molecule has 1 heterocycles. The van der Waals surface area contributed by atoms with Crippen LogP contribution in [0.4, 0.5) is 0 Å². The van der Waals surface area contributed by atoms with Crippen molar-refractivity contribution < 1.29 is 33.4 Å². The molecule has 1 aromatic carbocycles. The molecule has 0 aliphatic heterocycles. The van der Waals surface area contributed by atoms with E-state index in [0.29, 0.717) is 22.9 Å². The Balaban J connectivity index is 2.03. The Kier molecular flexibility index (Phi) is 7.12. The molecule has 0 radical (unpaired) electrons. The van der Waals surface area contributed by atoms with Crippen LogP contribution in [0, 0.1) is 6.92 Å². The highest BCUT2D eigenvalue weighted by molar-refractivity contribution is 5.82. The quantitative estimate of drug-likeness (QED) is 0.644. The van der Waals surface area contributed by atoms with Gasteiger partial charge in [-0.3, -0.25) is 9.59 Å². The second kappa shape index (κ2) is 9.53. The number of carbonyl (C=O) groups is 2. The molecule has 2 aromatic rings. The van der Waals surface area contributed by atoms with Gasteiger partial charge in [-0.1, -0.05) is 5.16 Å². The van der Waals surface area contributed by atoms with E-state index in [9.17, 15) is 9.59 Å². The molecule has 0 spiro atoms. The number of benzene rings is 1. The molecule has 10 nitrogen and oxygen atoms in total. The summed E-state index contributed by atoms with van der Waals surface area (Å²) in [5.41, 5.74) is 0.660. The fourth-order valence-corrected chi connectivity index (χ4v) is 2.29. The molecule has 0 fully saturated rings. The third-order valence-corrected chi connectivity index (χ3v) is 3.48. The number of hydrogen-bond acceptors (Lipinski definition) is 8. The first-order valence-electron chi connectivity index (χ1n) is 7.99. The van der Waals surface area contributed by atoms with E-state index in [1.807, 2.05) is 0 Å². The Morgan fingerprint density at radius 2 is 1.85 bits per heavy atom. The topological polar surface area (TPSA) is 124 Å². The number of carbonyl (C=O) groups excluding carboxylic acids is 1. The SMILES string of the molecule is COc1cc(CN(CC(=O)O)C(=O)COCc2nc(C)no2)cc(OC)c1. The maximum Gasteiger partial charge on any atom is 0.323 e. The van der Waals surface area contributed by atoms with E-state index in [-0.39, 0.29) is 25.6 Å². The molecule has 1 aromatic heterocycles. The van der Waals surface area contributed by atoms with Crippen molar-refractivity contribution in [2.45, 2.75) is 20.1 Å².